The first-order valence-corrected chi connectivity index (χ1v) is 12.3. The predicted octanol–water partition coefficient (Wildman–Crippen LogP) is 1.40. The van der Waals surface area contributed by atoms with Gasteiger partial charge in [0.25, 0.3) is 0 Å². The number of benzene rings is 1. The molecule has 1 aromatic carbocycles. The highest BCUT2D eigenvalue weighted by molar-refractivity contribution is 7.80. The zero-order valence-corrected chi connectivity index (χ0v) is 23.4. The van der Waals surface area contributed by atoms with Gasteiger partial charge in [-0.1, -0.05) is 12.1 Å². The van der Waals surface area contributed by atoms with E-state index in [4.69, 9.17) is 35.9 Å². The number of ether oxygens (including phenoxy) is 5. The Labute approximate surface area is 234 Å². The number of amides is 1. The molecule has 0 bridgehead atoms. The molecule has 0 radical (unpaired) electrons. The highest BCUT2D eigenvalue weighted by Crippen LogP contribution is 2.36. The van der Waals surface area contributed by atoms with Gasteiger partial charge in [-0.05, 0) is 24.4 Å². The van der Waals surface area contributed by atoms with E-state index in [9.17, 15) is 33.2 Å². The minimum atomic E-state index is -1.76. The number of hydrogen-bond donors (Lipinski definition) is 0. The summed E-state index contributed by atoms with van der Waals surface area (Å²) in [7, 11) is 0. The molecule has 1 aliphatic rings. The Morgan fingerprint density at radius 2 is 1.43 bits per heavy atom. The van der Waals surface area contributed by atoms with Gasteiger partial charge in [0.15, 0.2) is 23.4 Å². The largest absolute Gasteiger partial charge is 0.462 e. The van der Waals surface area contributed by atoms with Crippen LogP contribution < -0.4 is 4.90 Å². The van der Waals surface area contributed by atoms with Crippen LogP contribution in [-0.4, -0.2) is 83.0 Å². The summed E-state index contributed by atoms with van der Waals surface area (Å²) >= 11 is 5.49. The molecule has 1 amide bonds. The number of thiocarbonyl (C=S) groups is 1. The van der Waals surface area contributed by atoms with Crippen LogP contribution in [0.3, 0.4) is 0 Å². The quantitative estimate of drug-likeness (QED) is 0.221. The first-order valence-electron chi connectivity index (χ1n) is 11.8. The van der Waals surface area contributed by atoms with Crippen molar-refractivity contribution in [3.05, 3.63) is 30.1 Å². The number of nitrogens with zero attached hydrogens (tertiary/aromatic N) is 2. The summed E-state index contributed by atoms with van der Waals surface area (Å²) in [5.41, 5.74) is -0.186. The lowest BCUT2D eigenvalue weighted by atomic mass is 9.98. The molecular formula is C25H29FN2O11S. The molecular weight excluding hydrogens is 555 g/mol. The minimum Gasteiger partial charge on any atom is -0.462 e. The Morgan fingerprint density at radius 3 is 1.90 bits per heavy atom. The average Bonchev–Trinajstić information content (AvgIpc) is 3.09. The van der Waals surface area contributed by atoms with E-state index in [2.05, 4.69) is 0 Å². The Morgan fingerprint density at radius 1 is 0.850 bits per heavy atom. The van der Waals surface area contributed by atoms with Gasteiger partial charge in [-0.2, -0.15) is 0 Å². The van der Waals surface area contributed by atoms with Gasteiger partial charge >= 0.3 is 29.8 Å². The lowest BCUT2D eigenvalue weighted by Gasteiger charge is -2.38. The Hall–Kier alpha value is -4.14. The number of esters is 5. The van der Waals surface area contributed by atoms with Crippen molar-refractivity contribution in [3.63, 3.8) is 0 Å². The molecule has 1 saturated heterocycles. The lowest BCUT2D eigenvalue weighted by molar-refractivity contribution is -0.197. The second-order valence-corrected chi connectivity index (χ2v) is 8.95. The smallest absolute Gasteiger partial charge is 0.304 e. The SMILES string of the molecule is CC(=O)OC[C@@H](OC(C)=O)[C@@H](OC(C)=O)[C@H](OC(C)=O)[C@@H]1[C@@H](OC(C)=O)N(c2ccccc2F)C(=S)N1C(C)=O. The lowest BCUT2D eigenvalue weighted by Crippen LogP contribution is -2.59. The van der Waals surface area contributed by atoms with Gasteiger partial charge in [0.1, 0.15) is 18.5 Å². The molecule has 1 aromatic rings. The first kappa shape index (κ1) is 32.1. The van der Waals surface area contributed by atoms with E-state index >= 15 is 0 Å². The molecule has 0 aromatic heterocycles. The Balaban J connectivity index is 2.83. The number of rotatable bonds is 10. The summed E-state index contributed by atoms with van der Waals surface area (Å²) in [6, 6.07) is 3.71. The highest BCUT2D eigenvalue weighted by atomic mass is 32.1. The fourth-order valence-corrected chi connectivity index (χ4v) is 4.60. The van der Waals surface area contributed by atoms with Crippen LogP contribution in [-0.2, 0) is 52.5 Å². The highest BCUT2D eigenvalue weighted by Gasteiger charge is 2.57. The normalized spacial score (nSPS) is 18.7. The third kappa shape index (κ3) is 7.94. The molecule has 1 aliphatic heterocycles. The van der Waals surface area contributed by atoms with E-state index < -0.39 is 78.8 Å². The van der Waals surface area contributed by atoms with E-state index in [1.54, 1.807) is 0 Å². The molecule has 5 atom stereocenters. The van der Waals surface area contributed by atoms with Gasteiger partial charge in [-0.25, -0.2) is 4.39 Å². The monoisotopic (exact) mass is 584 g/mol. The van der Waals surface area contributed by atoms with Crippen LogP contribution in [0.5, 0.6) is 0 Å². The topological polar surface area (TPSA) is 155 Å². The number of halogens is 1. The summed E-state index contributed by atoms with van der Waals surface area (Å²) in [5, 5.41) is -0.336. The molecule has 13 nitrogen and oxygen atoms in total. The molecule has 0 spiro atoms. The van der Waals surface area contributed by atoms with E-state index in [0.29, 0.717) is 0 Å². The number of anilines is 1. The van der Waals surface area contributed by atoms with Gasteiger partial charge in [0, 0.05) is 41.5 Å². The number of carbonyl (C=O) groups excluding carboxylic acids is 6. The van der Waals surface area contributed by atoms with Crippen molar-refractivity contribution in [1.82, 2.24) is 4.90 Å². The molecule has 218 valence electrons. The maximum absolute atomic E-state index is 15.0. The van der Waals surface area contributed by atoms with Crippen molar-refractivity contribution < 1.29 is 56.8 Å². The standard InChI is InChI=1S/C25H29FN2O11S/c1-12(29)27-21(24(39-17(6)34)28(25(27)40)19-10-8-7-9-18(19)26)23(38-16(5)33)22(37-15(4)32)20(36-14(3)31)11-35-13(2)30/h7-10,20-24H,11H2,1-6H3/t20-,21-,22-,23-,24-/m1/s1. The average molecular weight is 585 g/mol. The van der Waals surface area contributed by atoms with Gasteiger partial charge in [0.05, 0.1) is 5.69 Å². The number of para-hydroxylation sites is 1. The van der Waals surface area contributed by atoms with E-state index in [0.717, 1.165) is 57.4 Å². The second-order valence-electron chi connectivity index (χ2n) is 8.58. The van der Waals surface area contributed by atoms with Crippen molar-refractivity contribution in [2.75, 3.05) is 11.5 Å². The number of hydrogen-bond acceptors (Lipinski definition) is 12. The number of carbonyl (C=O) groups is 6. The van der Waals surface area contributed by atoms with Gasteiger partial charge in [-0.15, -0.1) is 0 Å². The van der Waals surface area contributed by atoms with Crippen LogP contribution in [0.4, 0.5) is 10.1 Å². The fraction of sp³-hybridized carbons (Fsp3) is 0.480. The van der Waals surface area contributed by atoms with Crippen LogP contribution in [0, 0.1) is 5.82 Å². The van der Waals surface area contributed by atoms with Crippen molar-refractivity contribution in [3.8, 4) is 0 Å². The van der Waals surface area contributed by atoms with Crippen molar-refractivity contribution in [2.24, 2.45) is 0 Å². The van der Waals surface area contributed by atoms with Gasteiger partial charge in [0.2, 0.25) is 12.1 Å². The van der Waals surface area contributed by atoms with E-state index in [1.165, 1.54) is 18.2 Å². The van der Waals surface area contributed by atoms with Crippen LogP contribution in [0.25, 0.3) is 0 Å². The molecule has 0 saturated carbocycles. The summed E-state index contributed by atoms with van der Waals surface area (Å²) < 4.78 is 41.6. The molecule has 1 fully saturated rings. The van der Waals surface area contributed by atoms with Crippen LogP contribution in [0.1, 0.15) is 41.5 Å². The molecule has 15 heteroatoms. The van der Waals surface area contributed by atoms with E-state index in [-0.39, 0.29) is 10.8 Å². The molecule has 40 heavy (non-hydrogen) atoms. The minimum absolute atomic E-state index is 0.186. The molecule has 0 N–H and O–H groups in total. The molecule has 1 heterocycles. The Bertz CT molecular complexity index is 1190. The Kier molecular flexibility index (Phi) is 11.0. The van der Waals surface area contributed by atoms with Crippen LogP contribution in [0.2, 0.25) is 0 Å². The maximum atomic E-state index is 15.0. The zero-order chi connectivity index (χ0) is 30.3. The third-order valence-corrected chi connectivity index (χ3v) is 5.79. The maximum Gasteiger partial charge on any atom is 0.304 e. The second kappa shape index (κ2) is 13.8. The summed E-state index contributed by atoms with van der Waals surface area (Å²) in [6.45, 7) is 5.60. The van der Waals surface area contributed by atoms with E-state index in [1.807, 2.05) is 0 Å². The fourth-order valence-electron chi connectivity index (χ4n) is 4.14. The first-order chi connectivity index (χ1) is 18.6. The summed E-state index contributed by atoms with van der Waals surface area (Å²) in [6.07, 6.45) is -6.69. The van der Waals surface area contributed by atoms with Crippen molar-refractivity contribution in [2.45, 2.75) is 72.1 Å². The molecule has 0 unspecified atom stereocenters. The van der Waals surface area contributed by atoms with Crippen molar-refractivity contribution in [1.29, 1.82) is 0 Å². The van der Waals surface area contributed by atoms with Crippen molar-refractivity contribution >= 4 is 58.8 Å². The van der Waals surface area contributed by atoms with Crippen LogP contribution in [0.15, 0.2) is 24.3 Å². The van der Waals surface area contributed by atoms with Gasteiger partial charge < -0.3 is 23.7 Å². The predicted molar refractivity (Wildman–Crippen MR) is 137 cm³/mol. The zero-order valence-electron chi connectivity index (χ0n) is 22.6. The molecule has 2 rings (SSSR count). The summed E-state index contributed by atoms with van der Waals surface area (Å²) in [5.74, 6) is -5.97. The van der Waals surface area contributed by atoms with Gasteiger partial charge in [-0.3, -0.25) is 38.6 Å². The third-order valence-electron chi connectivity index (χ3n) is 5.39. The molecule has 0 aliphatic carbocycles. The summed E-state index contributed by atoms with van der Waals surface area (Å²) in [4.78, 5) is 75.1. The van der Waals surface area contributed by atoms with Crippen LogP contribution >= 0.6 is 12.2 Å².